The summed E-state index contributed by atoms with van der Waals surface area (Å²) in [6, 6.07) is 0.741. The van der Waals surface area contributed by atoms with Gasteiger partial charge in [0.15, 0.2) is 0 Å². The Hall–Kier alpha value is -0.120. The van der Waals surface area contributed by atoms with Crippen molar-refractivity contribution in [1.29, 1.82) is 0 Å². The van der Waals surface area contributed by atoms with Crippen LogP contribution in [0.15, 0.2) is 0 Å². The van der Waals surface area contributed by atoms with Crippen molar-refractivity contribution in [3.05, 3.63) is 0 Å². The fourth-order valence-corrected chi connectivity index (χ4v) is 3.01. The molecule has 0 aromatic rings. The summed E-state index contributed by atoms with van der Waals surface area (Å²) in [5, 5.41) is 3.67. The van der Waals surface area contributed by atoms with E-state index < -0.39 is 0 Å². The second-order valence-corrected chi connectivity index (χ2v) is 5.30. The molecule has 0 bridgehead atoms. The summed E-state index contributed by atoms with van der Waals surface area (Å²) in [7, 11) is 0. The lowest BCUT2D eigenvalue weighted by molar-refractivity contribution is 0.0987. The third-order valence-corrected chi connectivity index (χ3v) is 4.07. The van der Waals surface area contributed by atoms with Gasteiger partial charge in [-0.05, 0) is 38.8 Å². The fraction of sp³-hybridized carbons (Fsp3) is 1.00. The molecule has 1 rings (SSSR count). The van der Waals surface area contributed by atoms with Gasteiger partial charge in [0, 0.05) is 25.7 Å². The van der Waals surface area contributed by atoms with Gasteiger partial charge in [0.1, 0.15) is 0 Å². The fourth-order valence-electron chi connectivity index (χ4n) is 3.01. The molecule has 1 aliphatic carbocycles. The lowest BCUT2D eigenvalue weighted by Gasteiger charge is -2.35. The molecule has 0 aliphatic heterocycles. The van der Waals surface area contributed by atoms with Crippen LogP contribution >= 0.6 is 0 Å². The summed E-state index contributed by atoms with van der Waals surface area (Å²) in [5.41, 5.74) is 0. The van der Waals surface area contributed by atoms with Crippen LogP contribution in [0.1, 0.15) is 46.5 Å². The van der Waals surface area contributed by atoms with Crippen LogP contribution in [-0.4, -0.2) is 50.3 Å². The Labute approximate surface area is 113 Å². The molecule has 2 atom stereocenters. The maximum absolute atomic E-state index is 5.47. The number of likely N-dealkylation sites (N-methyl/N-ethyl adjacent to an activating group) is 1. The third kappa shape index (κ3) is 5.68. The molecule has 1 aliphatic rings. The minimum atomic E-state index is 0.741. The SMILES string of the molecule is CCNC1CCCCC1CN(CC)CCOCC. The van der Waals surface area contributed by atoms with E-state index in [0.29, 0.717) is 0 Å². The van der Waals surface area contributed by atoms with E-state index in [9.17, 15) is 0 Å². The molecule has 0 aromatic heterocycles. The van der Waals surface area contributed by atoms with Crippen molar-refractivity contribution >= 4 is 0 Å². The third-order valence-electron chi connectivity index (χ3n) is 4.07. The Bertz CT molecular complexity index is 197. The highest BCUT2D eigenvalue weighted by molar-refractivity contribution is 4.82. The second kappa shape index (κ2) is 9.76. The molecule has 1 saturated carbocycles. The van der Waals surface area contributed by atoms with E-state index in [1.165, 1.54) is 32.2 Å². The minimum Gasteiger partial charge on any atom is -0.380 e. The highest BCUT2D eigenvalue weighted by Crippen LogP contribution is 2.25. The van der Waals surface area contributed by atoms with E-state index in [1.807, 2.05) is 0 Å². The van der Waals surface area contributed by atoms with E-state index in [1.54, 1.807) is 0 Å². The molecule has 0 spiro atoms. The molecule has 3 nitrogen and oxygen atoms in total. The Morgan fingerprint density at radius 3 is 2.61 bits per heavy atom. The summed E-state index contributed by atoms with van der Waals surface area (Å²) in [4.78, 5) is 2.55. The van der Waals surface area contributed by atoms with Crippen LogP contribution in [0.25, 0.3) is 0 Å². The molecule has 1 fully saturated rings. The molecule has 2 unspecified atom stereocenters. The molecular weight excluding hydrogens is 224 g/mol. The van der Waals surface area contributed by atoms with Crippen LogP contribution in [0.5, 0.6) is 0 Å². The number of nitrogens with zero attached hydrogens (tertiary/aromatic N) is 1. The smallest absolute Gasteiger partial charge is 0.0593 e. The van der Waals surface area contributed by atoms with Crippen molar-refractivity contribution in [3.8, 4) is 0 Å². The van der Waals surface area contributed by atoms with Crippen molar-refractivity contribution in [1.82, 2.24) is 10.2 Å². The monoisotopic (exact) mass is 256 g/mol. The molecule has 1 N–H and O–H groups in total. The predicted octanol–water partition coefficient (Wildman–Crippen LogP) is 2.51. The zero-order chi connectivity index (χ0) is 13.2. The summed E-state index contributed by atoms with van der Waals surface area (Å²) < 4.78 is 5.47. The van der Waals surface area contributed by atoms with Crippen LogP contribution in [0, 0.1) is 5.92 Å². The van der Waals surface area contributed by atoms with Gasteiger partial charge in [0.2, 0.25) is 0 Å². The maximum Gasteiger partial charge on any atom is 0.0593 e. The number of hydrogen-bond donors (Lipinski definition) is 1. The second-order valence-electron chi connectivity index (χ2n) is 5.30. The van der Waals surface area contributed by atoms with Gasteiger partial charge in [0.05, 0.1) is 6.61 Å². The zero-order valence-electron chi connectivity index (χ0n) is 12.6. The van der Waals surface area contributed by atoms with Gasteiger partial charge in [-0.1, -0.05) is 26.7 Å². The first kappa shape index (κ1) is 15.9. The summed E-state index contributed by atoms with van der Waals surface area (Å²) in [5.74, 6) is 0.834. The quantitative estimate of drug-likeness (QED) is 0.642. The van der Waals surface area contributed by atoms with Gasteiger partial charge < -0.3 is 15.0 Å². The molecule has 0 radical (unpaired) electrons. The summed E-state index contributed by atoms with van der Waals surface area (Å²) >= 11 is 0. The van der Waals surface area contributed by atoms with Gasteiger partial charge in [-0.15, -0.1) is 0 Å². The van der Waals surface area contributed by atoms with E-state index >= 15 is 0 Å². The van der Waals surface area contributed by atoms with Crippen LogP contribution in [0.3, 0.4) is 0 Å². The molecular formula is C15H32N2O. The Balaban J connectivity index is 2.34. The first-order valence-corrected chi connectivity index (χ1v) is 7.85. The Morgan fingerprint density at radius 1 is 1.17 bits per heavy atom. The van der Waals surface area contributed by atoms with Crippen molar-refractivity contribution in [2.75, 3.05) is 39.4 Å². The number of ether oxygens (including phenoxy) is 1. The van der Waals surface area contributed by atoms with Gasteiger partial charge in [-0.25, -0.2) is 0 Å². The molecule has 0 heterocycles. The predicted molar refractivity (Wildman–Crippen MR) is 78.0 cm³/mol. The normalized spacial score (nSPS) is 24.7. The van der Waals surface area contributed by atoms with Crippen LogP contribution in [-0.2, 0) is 4.74 Å². The highest BCUT2D eigenvalue weighted by Gasteiger charge is 2.25. The highest BCUT2D eigenvalue weighted by atomic mass is 16.5. The topological polar surface area (TPSA) is 24.5 Å². The zero-order valence-corrected chi connectivity index (χ0v) is 12.6. The molecule has 18 heavy (non-hydrogen) atoms. The molecule has 0 aromatic carbocycles. The average molecular weight is 256 g/mol. The first-order valence-electron chi connectivity index (χ1n) is 7.85. The molecule has 0 saturated heterocycles. The van der Waals surface area contributed by atoms with Crippen molar-refractivity contribution in [2.45, 2.75) is 52.5 Å². The lowest BCUT2D eigenvalue weighted by Crippen LogP contribution is -2.44. The summed E-state index contributed by atoms with van der Waals surface area (Å²) in [6.45, 7) is 12.8. The van der Waals surface area contributed by atoms with Gasteiger partial charge in [0.25, 0.3) is 0 Å². The van der Waals surface area contributed by atoms with Crippen LogP contribution < -0.4 is 5.32 Å². The van der Waals surface area contributed by atoms with Crippen molar-refractivity contribution < 1.29 is 4.74 Å². The largest absolute Gasteiger partial charge is 0.380 e. The molecule has 108 valence electrons. The Kier molecular flexibility index (Phi) is 8.64. The van der Waals surface area contributed by atoms with E-state index in [4.69, 9.17) is 4.74 Å². The standard InChI is InChI=1S/C15H32N2O/c1-4-16-15-10-8-7-9-14(15)13-17(5-2)11-12-18-6-3/h14-16H,4-13H2,1-3H3. The molecule has 3 heteroatoms. The van der Waals surface area contributed by atoms with Crippen molar-refractivity contribution in [3.63, 3.8) is 0 Å². The van der Waals surface area contributed by atoms with E-state index in [-0.39, 0.29) is 0 Å². The number of nitrogens with one attached hydrogen (secondary N) is 1. The van der Waals surface area contributed by atoms with Gasteiger partial charge in [-0.3, -0.25) is 0 Å². The van der Waals surface area contributed by atoms with Gasteiger partial charge in [-0.2, -0.15) is 0 Å². The number of rotatable bonds is 9. The van der Waals surface area contributed by atoms with E-state index in [0.717, 1.165) is 44.8 Å². The minimum absolute atomic E-state index is 0.741. The average Bonchev–Trinajstić information content (AvgIpc) is 2.40. The maximum atomic E-state index is 5.47. The first-order chi connectivity index (χ1) is 8.81. The van der Waals surface area contributed by atoms with Crippen LogP contribution in [0.2, 0.25) is 0 Å². The Morgan fingerprint density at radius 2 is 1.94 bits per heavy atom. The lowest BCUT2D eigenvalue weighted by atomic mass is 9.84. The van der Waals surface area contributed by atoms with Crippen molar-refractivity contribution in [2.24, 2.45) is 5.92 Å². The molecule has 0 amide bonds. The van der Waals surface area contributed by atoms with Gasteiger partial charge >= 0.3 is 0 Å². The van der Waals surface area contributed by atoms with Crippen LogP contribution in [0.4, 0.5) is 0 Å². The number of hydrogen-bond acceptors (Lipinski definition) is 3. The summed E-state index contributed by atoms with van der Waals surface area (Å²) in [6.07, 6.45) is 5.57. The van der Waals surface area contributed by atoms with E-state index in [2.05, 4.69) is 31.0 Å².